The van der Waals surface area contributed by atoms with Crippen LogP contribution < -0.4 is 0 Å². The Hall–Kier alpha value is -1.04. The summed E-state index contributed by atoms with van der Waals surface area (Å²) < 4.78 is 0. The first-order valence-electron chi connectivity index (χ1n) is 6.75. The predicted molar refractivity (Wildman–Crippen MR) is 73.8 cm³/mol. The van der Waals surface area contributed by atoms with Crippen molar-refractivity contribution >= 4 is 28.8 Å². The monoisotopic (exact) mass is 284 g/mol. The number of likely N-dealkylation sites (tertiary alicyclic amines) is 1. The molecule has 2 fully saturated rings. The minimum Gasteiger partial charge on any atom is -0.343 e. The number of rotatable bonds is 3. The Labute approximate surface area is 117 Å². The maximum Gasteiger partial charge on any atom is 0.289 e. The highest BCUT2D eigenvalue weighted by Gasteiger charge is 2.37. The number of carbonyl (C=O) groups excluding carboxylic acids is 3. The van der Waals surface area contributed by atoms with Crippen molar-refractivity contribution in [2.45, 2.75) is 39.2 Å². The summed E-state index contributed by atoms with van der Waals surface area (Å²) >= 11 is 1.08. The van der Waals surface area contributed by atoms with Crippen LogP contribution in [0.3, 0.4) is 0 Å². The quantitative estimate of drug-likeness (QED) is 0.792. The minimum absolute atomic E-state index is 0.0156. The highest BCUT2D eigenvalue weighted by molar-refractivity contribution is 8.14. The summed E-state index contributed by atoms with van der Waals surface area (Å²) in [5.41, 5.74) is 0. The number of thioether (sulfide) groups is 1. The van der Waals surface area contributed by atoms with Crippen molar-refractivity contribution in [3.63, 3.8) is 0 Å². The third-order valence-corrected chi connectivity index (χ3v) is 4.38. The van der Waals surface area contributed by atoms with E-state index in [0.717, 1.165) is 11.8 Å². The zero-order valence-electron chi connectivity index (χ0n) is 11.4. The minimum atomic E-state index is -0.128. The van der Waals surface area contributed by atoms with Crippen LogP contribution in [0.15, 0.2) is 0 Å². The van der Waals surface area contributed by atoms with Crippen molar-refractivity contribution in [1.82, 2.24) is 9.80 Å². The van der Waals surface area contributed by atoms with Crippen LogP contribution in [0, 0.1) is 5.92 Å². The van der Waals surface area contributed by atoms with E-state index >= 15 is 0 Å². The van der Waals surface area contributed by atoms with Gasteiger partial charge in [0.25, 0.3) is 5.24 Å². The molecule has 0 aromatic rings. The van der Waals surface area contributed by atoms with Gasteiger partial charge in [-0.1, -0.05) is 25.6 Å². The smallest absolute Gasteiger partial charge is 0.289 e. The molecule has 2 aliphatic rings. The molecule has 0 unspecified atom stereocenters. The summed E-state index contributed by atoms with van der Waals surface area (Å²) in [5.74, 6) is 0.734. The molecule has 0 bridgehead atoms. The molecule has 106 valence electrons. The summed E-state index contributed by atoms with van der Waals surface area (Å²) in [7, 11) is 0. The van der Waals surface area contributed by atoms with Crippen molar-refractivity contribution < 1.29 is 14.4 Å². The Morgan fingerprint density at radius 2 is 1.95 bits per heavy atom. The number of hydrogen-bond acceptors (Lipinski definition) is 4. The van der Waals surface area contributed by atoms with Gasteiger partial charge in [-0.05, 0) is 18.8 Å². The van der Waals surface area contributed by atoms with Crippen LogP contribution >= 0.6 is 11.8 Å². The van der Waals surface area contributed by atoms with E-state index in [2.05, 4.69) is 0 Å². The molecule has 0 N–H and O–H groups in total. The summed E-state index contributed by atoms with van der Waals surface area (Å²) in [6, 6.07) is -0.0156. The molecule has 5 nitrogen and oxygen atoms in total. The number of hydrogen-bond donors (Lipinski definition) is 0. The third kappa shape index (κ3) is 3.29. The summed E-state index contributed by atoms with van der Waals surface area (Å²) in [6.07, 6.45) is 1.99. The van der Waals surface area contributed by atoms with Gasteiger partial charge in [-0.3, -0.25) is 19.3 Å². The number of carbonyl (C=O) groups is 3. The maximum absolute atomic E-state index is 11.9. The third-order valence-electron chi connectivity index (χ3n) is 3.55. The van der Waals surface area contributed by atoms with Crippen molar-refractivity contribution in [2.75, 3.05) is 18.8 Å². The lowest BCUT2D eigenvalue weighted by molar-refractivity contribution is -0.134. The standard InChI is InChI=1S/C13H20N2O3S/c1-9(2)7-11(16)14-5-3-10(4-6-14)15-12(17)8-19-13(15)18/h9-10H,3-8H2,1-2H3. The molecule has 6 heteroatoms. The van der Waals surface area contributed by atoms with Gasteiger partial charge in [0.05, 0.1) is 5.75 Å². The van der Waals surface area contributed by atoms with Crippen LogP contribution in [0.4, 0.5) is 4.79 Å². The molecule has 2 aliphatic heterocycles. The van der Waals surface area contributed by atoms with E-state index in [4.69, 9.17) is 0 Å². The predicted octanol–water partition coefficient (Wildman–Crippen LogP) is 1.72. The van der Waals surface area contributed by atoms with E-state index in [1.165, 1.54) is 4.90 Å². The Balaban J connectivity index is 1.87. The Kier molecular flexibility index (Phi) is 4.50. The second-order valence-electron chi connectivity index (χ2n) is 5.53. The van der Waals surface area contributed by atoms with Gasteiger partial charge in [0.15, 0.2) is 0 Å². The van der Waals surface area contributed by atoms with Crippen molar-refractivity contribution in [3.8, 4) is 0 Å². The lowest BCUT2D eigenvalue weighted by Gasteiger charge is -2.35. The summed E-state index contributed by atoms with van der Waals surface area (Å²) in [4.78, 5) is 38.5. The van der Waals surface area contributed by atoms with Crippen LogP contribution in [0.1, 0.15) is 33.1 Å². The van der Waals surface area contributed by atoms with Gasteiger partial charge in [0, 0.05) is 25.6 Å². The van der Waals surface area contributed by atoms with E-state index in [9.17, 15) is 14.4 Å². The number of piperidine rings is 1. The van der Waals surface area contributed by atoms with E-state index < -0.39 is 0 Å². The highest BCUT2D eigenvalue weighted by Crippen LogP contribution is 2.26. The van der Waals surface area contributed by atoms with Gasteiger partial charge in [-0.25, -0.2) is 0 Å². The number of imide groups is 1. The van der Waals surface area contributed by atoms with Crippen molar-refractivity contribution in [1.29, 1.82) is 0 Å². The van der Waals surface area contributed by atoms with E-state index in [1.54, 1.807) is 0 Å². The molecule has 0 saturated carbocycles. The lowest BCUT2D eigenvalue weighted by Crippen LogP contribution is -2.48. The molecule has 0 atom stereocenters. The Morgan fingerprint density at radius 1 is 1.32 bits per heavy atom. The van der Waals surface area contributed by atoms with Crippen LogP contribution in [0.2, 0.25) is 0 Å². The molecule has 19 heavy (non-hydrogen) atoms. The largest absolute Gasteiger partial charge is 0.343 e. The molecule has 2 heterocycles. The Bertz CT molecular complexity index is 373. The molecule has 2 rings (SSSR count). The topological polar surface area (TPSA) is 57.7 Å². The average molecular weight is 284 g/mol. The van der Waals surface area contributed by atoms with E-state index in [-0.39, 0.29) is 28.8 Å². The van der Waals surface area contributed by atoms with Crippen LogP contribution in [0.5, 0.6) is 0 Å². The SMILES string of the molecule is CC(C)CC(=O)N1CCC(N2C(=O)CSC2=O)CC1. The first kappa shape index (κ1) is 14.4. The molecular formula is C13H20N2O3S. The fourth-order valence-corrected chi connectivity index (χ4v) is 3.34. The molecule has 0 aliphatic carbocycles. The van der Waals surface area contributed by atoms with Gasteiger partial charge in [-0.15, -0.1) is 0 Å². The molecule has 2 saturated heterocycles. The van der Waals surface area contributed by atoms with Gasteiger partial charge < -0.3 is 4.90 Å². The normalized spacial score (nSPS) is 21.6. The zero-order valence-corrected chi connectivity index (χ0v) is 12.2. The summed E-state index contributed by atoms with van der Waals surface area (Å²) in [6.45, 7) is 5.36. The Morgan fingerprint density at radius 3 is 2.42 bits per heavy atom. The highest BCUT2D eigenvalue weighted by atomic mass is 32.2. The van der Waals surface area contributed by atoms with Crippen LogP contribution in [-0.4, -0.2) is 51.7 Å². The fourth-order valence-electron chi connectivity index (χ4n) is 2.57. The fraction of sp³-hybridized carbons (Fsp3) is 0.769. The van der Waals surface area contributed by atoms with Gasteiger partial charge in [-0.2, -0.15) is 0 Å². The number of amides is 3. The average Bonchev–Trinajstić information content (AvgIpc) is 2.68. The molecule has 0 spiro atoms. The van der Waals surface area contributed by atoms with Crippen LogP contribution in [0.25, 0.3) is 0 Å². The lowest BCUT2D eigenvalue weighted by atomic mass is 10.0. The van der Waals surface area contributed by atoms with E-state index in [1.807, 2.05) is 18.7 Å². The molecule has 3 amide bonds. The van der Waals surface area contributed by atoms with E-state index in [0.29, 0.717) is 38.3 Å². The van der Waals surface area contributed by atoms with Crippen molar-refractivity contribution in [2.24, 2.45) is 5.92 Å². The molecule has 0 radical (unpaired) electrons. The second-order valence-corrected chi connectivity index (χ2v) is 6.45. The second kappa shape index (κ2) is 5.94. The van der Waals surface area contributed by atoms with Gasteiger partial charge in [0.1, 0.15) is 0 Å². The van der Waals surface area contributed by atoms with Gasteiger partial charge in [0.2, 0.25) is 11.8 Å². The first-order valence-corrected chi connectivity index (χ1v) is 7.74. The van der Waals surface area contributed by atoms with Crippen molar-refractivity contribution in [3.05, 3.63) is 0 Å². The maximum atomic E-state index is 11.9. The first-order chi connectivity index (χ1) is 8.99. The molecule has 0 aromatic carbocycles. The zero-order chi connectivity index (χ0) is 14.0. The summed E-state index contributed by atoms with van der Waals surface area (Å²) in [5, 5.41) is -0.128. The molecular weight excluding hydrogens is 264 g/mol. The van der Waals surface area contributed by atoms with Crippen LogP contribution in [-0.2, 0) is 9.59 Å². The number of nitrogens with zero attached hydrogens (tertiary/aromatic N) is 2. The van der Waals surface area contributed by atoms with Gasteiger partial charge >= 0.3 is 0 Å². The molecule has 0 aromatic heterocycles.